The number of piperazine rings is 1. The van der Waals surface area contributed by atoms with Crippen LogP contribution in [0.4, 0.5) is 14.5 Å². The first-order valence-corrected chi connectivity index (χ1v) is 10.4. The van der Waals surface area contributed by atoms with E-state index < -0.39 is 0 Å². The van der Waals surface area contributed by atoms with Crippen LogP contribution < -0.4 is 4.90 Å². The van der Waals surface area contributed by atoms with Gasteiger partial charge in [-0.05, 0) is 61.4 Å². The number of hydrogen-bond donors (Lipinski definition) is 0. The standard InChI is InChI=1S/C23H25F2N3O2/c24-19-5-3-17(4-6-19)22(29)28-11-1-2-18(16-28)23(30)27-14-12-26(13-15-27)21-9-7-20(25)8-10-21/h3-10,18H,1-2,11-16H2. The van der Waals surface area contributed by atoms with E-state index >= 15 is 0 Å². The van der Waals surface area contributed by atoms with Gasteiger partial charge in [0, 0.05) is 50.5 Å². The second kappa shape index (κ2) is 8.81. The second-order valence-electron chi connectivity index (χ2n) is 7.89. The highest BCUT2D eigenvalue weighted by Gasteiger charge is 2.33. The van der Waals surface area contributed by atoms with E-state index in [9.17, 15) is 18.4 Å². The minimum absolute atomic E-state index is 0.0883. The average Bonchev–Trinajstić information content (AvgIpc) is 2.79. The number of halogens is 2. The zero-order valence-electron chi connectivity index (χ0n) is 16.8. The Kier molecular flexibility index (Phi) is 5.97. The van der Waals surface area contributed by atoms with Crippen molar-refractivity contribution in [3.05, 3.63) is 65.7 Å². The number of nitrogens with zero attached hydrogens (tertiary/aromatic N) is 3. The third kappa shape index (κ3) is 4.45. The Morgan fingerprint density at radius 2 is 1.37 bits per heavy atom. The molecule has 158 valence electrons. The molecule has 0 radical (unpaired) electrons. The molecule has 30 heavy (non-hydrogen) atoms. The topological polar surface area (TPSA) is 43.9 Å². The van der Waals surface area contributed by atoms with Crippen molar-refractivity contribution in [1.82, 2.24) is 9.80 Å². The van der Waals surface area contributed by atoms with E-state index in [-0.39, 0.29) is 29.4 Å². The number of anilines is 1. The molecule has 0 aromatic heterocycles. The lowest BCUT2D eigenvalue weighted by atomic mass is 9.95. The Morgan fingerprint density at radius 3 is 2.00 bits per heavy atom. The molecule has 0 aliphatic carbocycles. The van der Waals surface area contributed by atoms with Gasteiger partial charge in [0.05, 0.1) is 5.92 Å². The van der Waals surface area contributed by atoms with Gasteiger partial charge in [0.25, 0.3) is 5.91 Å². The second-order valence-corrected chi connectivity index (χ2v) is 7.89. The van der Waals surface area contributed by atoms with Gasteiger partial charge in [0.2, 0.25) is 5.91 Å². The van der Waals surface area contributed by atoms with Crippen molar-refractivity contribution >= 4 is 17.5 Å². The molecule has 2 amide bonds. The molecule has 2 heterocycles. The molecule has 0 N–H and O–H groups in total. The molecule has 2 aliphatic heterocycles. The van der Waals surface area contributed by atoms with Crippen molar-refractivity contribution < 1.29 is 18.4 Å². The highest BCUT2D eigenvalue weighted by molar-refractivity contribution is 5.94. The number of amides is 2. The van der Waals surface area contributed by atoms with Gasteiger partial charge < -0.3 is 14.7 Å². The average molecular weight is 413 g/mol. The van der Waals surface area contributed by atoms with E-state index in [1.165, 1.54) is 36.4 Å². The van der Waals surface area contributed by atoms with Crippen LogP contribution in [0.15, 0.2) is 48.5 Å². The molecule has 0 spiro atoms. The summed E-state index contributed by atoms with van der Waals surface area (Å²) in [5, 5.41) is 0. The van der Waals surface area contributed by atoms with Crippen LogP contribution in [0.2, 0.25) is 0 Å². The lowest BCUT2D eigenvalue weighted by Gasteiger charge is -2.39. The minimum Gasteiger partial charge on any atom is -0.368 e. The molecule has 7 heteroatoms. The number of likely N-dealkylation sites (tertiary alicyclic amines) is 1. The Bertz CT molecular complexity index is 894. The number of carbonyl (C=O) groups excluding carboxylic acids is 2. The normalized spacial score (nSPS) is 19.7. The largest absolute Gasteiger partial charge is 0.368 e. The summed E-state index contributed by atoms with van der Waals surface area (Å²) < 4.78 is 26.3. The smallest absolute Gasteiger partial charge is 0.253 e. The van der Waals surface area contributed by atoms with E-state index in [1.54, 1.807) is 17.0 Å². The zero-order chi connectivity index (χ0) is 21.1. The predicted molar refractivity (Wildman–Crippen MR) is 110 cm³/mol. The van der Waals surface area contributed by atoms with E-state index in [0.717, 1.165) is 18.5 Å². The third-order valence-corrected chi connectivity index (χ3v) is 5.93. The summed E-state index contributed by atoms with van der Waals surface area (Å²) in [5.74, 6) is -0.915. The van der Waals surface area contributed by atoms with E-state index in [1.807, 2.05) is 4.90 Å². The van der Waals surface area contributed by atoms with Gasteiger partial charge in [-0.15, -0.1) is 0 Å². The number of benzene rings is 2. The quantitative estimate of drug-likeness (QED) is 0.777. The highest BCUT2D eigenvalue weighted by atomic mass is 19.1. The fraction of sp³-hybridized carbons (Fsp3) is 0.391. The number of hydrogen-bond acceptors (Lipinski definition) is 3. The van der Waals surface area contributed by atoms with Crippen LogP contribution in [-0.2, 0) is 4.79 Å². The van der Waals surface area contributed by atoms with Crippen molar-refractivity contribution in [2.24, 2.45) is 5.92 Å². The summed E-state index contributed by atoms with van der Waals surface area (Å²) in [6.45, 7) is 3.62. The fourth-order valence-electron chi connectivity index (χ4n) is 4.23. The van der Waals surface area contributed by atoms with Crippen LogP contribution in [0.3, 0.4) is 0 Å². The molecule has 0 saturated carbocycles. The summed E-state index contributed by atoms with van der Waals surface area (Å²) in [6.07, 6.45) is 1.54. The van der Waals surface area contributed by atoms with E-state index in [4.69, 9.17) is 0 Å². The van der Waals surface area contributed by atoms with Gasteiger partial charge in [-0.3, -0.25) is 9.59 Å². The van der Waals surface area contributed by atoms with Crippen molar-refractivity contribution in [3.8, 4) is 0 Å². The van der Waals surface area contributed by atoms with Crippen molar-refractivity contribution in [3.63, 3.8) is 0 Å². The maximum atomic E-state index is 13.1. The van der Waals surface area contributed by atoms with Gasteiger partial charge >= 0.3 is 0 Å². The molecule has 2 saturated heterocycles. The molecule has 1 atom stereocenters. The molecule has 2 aromatic carbocycles. The molecule has 2 aliphatic rings. The van der Waals surface area contributed by atoms with Gasteiger partial charge in [-0.1, -0.05) is 0 Å². The monoisotopic (exact) mass is 413 g/mol. The molecule has 1 unspecified atom stereocenters. The molecular weight excluding hydrogens is 388 g/mol. The molecular formula is C23H25F2N3O2. The van der Waals surface area contributed by atoms with Crippen molar-refractivity contribution in [2.45, 2.75) is 12.8 Å². The first kappa shape index (κ1) is 20.3. The van der Waals surface area contributed by atoms with Crippen LogP contribution >= 0.6 is 0 Å². The van der Waals surface area contributed by atoms with Crippen LogP contribution in [0.25, 0.3) is 0 Å². The SMILES string of the molecule is O=C(c1ccc(F)cc1)N1CCCC(C(=O)N2CCN(c3ccc(F)cc3)CC2)C1. The molecule has 2 fully saturated rings. The lowest BCUT2D eigenvalue weighted by Crippen LogP contribution is -2.53. The number of rotatable bonds is 3. The first-order valence-electron chi connectivity index (χ1n) is 10.4. The van der Waals surface area contributed by atoms with Crippen molar-refractivity contribution in [1.29, 1.82) is 0 Å². The lowest BCUT2D eigenvalue weighted by molar-refractivity contribution is -0.137. The summed E-state index contributed by atoms with van der Waals surface area (Å²) in [6, 6.07) is 11.9. The van der Waals surface area contributed by atoms with E-state index in [2.05, 4.69) is 4.90 Å². The Labute approximate surface area is 174 Å². The van der Waals surface area contributed by atoms with Crippen LogP contribution in [-0.4, -0.2) is 60.9 Å². The fourth-order valence-corrected chi connectivity index (χ4v) is 4.23. The van der Waals surface area contributed by atoms with E-state index in [0.29, 0.717) is 44.8 Å². The molecule has 0 bridgehead atoms. The molecule has 4 rings (SSSR count). The third-order valence-electron chi connectivity index (χ3n) is 5.93. The van der Waals surface area contributed by atoms with Crippen molar-refractivity contribution in [2.75, 3.05) is 44.2 Å². The van der Waals surface area contributed by atoms with Gasteiger partial charge in [0.1, 0.15) is 11.6 Å². The molecule has 5 nitrogen and oxygen atoms in total. The van der Waals surface area contributed by atoms with Gasteiger partial charge in [0.15, 0.2) is 0 Å². The van der Waals surface area contributed by atoms with Gasteiger partial charge in [-0.25, -0.2) is 8.78 Å². The van der Waals surface area contributed by atoms with Crippen LogP contribution in [0.5, 0.6) is 0 Å². The predicted octanol–water partition coefficient (Wildman–Crippen LogP) is 3.17. The molecule has 2 aromatic rings. The summed E-state index contributed by atoms with van der Waals surface area (Å²) in [5.41, 5.74) is 1.40. The maximum absolute atomic E-state index is 13.1. The van der Waals surface area contributed by atoms with Crippen LogP contribution in [0, 0.1) is 17.6 Å². The summed E-state index contributed by atoms with van der Waals surface area (Å²) >= 11 is 0. The Morgan fingerprint density at radius 1 is 0.767 bits per heavy atom. The maximum Gasteiger partial charge on any atom is 0.253 e. The summed E-state index contributed by atoms with van der Waals surface area (Å²) in [7, 11) is 0. The zero-order valence-corrected chi connectivity index (χ0v) is 16.8. The van der Waals surface area contributed by atoms with Gasteiger partial charge in [-0.2, -0.15) is 0 Å². The van der Waals surface area contributed by atoms with Crippen LogP contribution in [0.1, 0.15) is 23.2 Å². The number of piperidine rings is 1. The highest BCUT2D eigenvalue weighted by Crippen LogP contribution is 2.23. The number of carbonyl (C=O) groups is 2. The summed E-state index contributed by atoms with van der Waals surface area (Å²) in [4.78, 5) is 31.5. The minimum atomic E-state index is -0.377. The Balaban J connectivity index is 1.34. The first-order chi connectivity index (χ1) is 14.5. The Hall–Kier alpha value is -2.96.